The molecule has 0 aliphatic heterocycles. The van der Waals surface area contributed by atoms with E-state index in [1.165, 1.54) is 25.5 Å². The van der Waals surface area contributed by atoms with Gasteiger partial charge >= 0.3 is 5.97 Å². The van der Waals surface area contributed by atoms with E-state index in [-0.39, 0.29) is 17.0 Å². The molecule has 9 heteroatoms. The molecule has 0 unspecified atom stereocenters. The van der Waals surface area contributed by atoms with E-state index in [0.717, 1.165) is 6.07 Å². The number of anilines is 1. The summed E-state index contributed by atoms with van der Waals surface area (Å²) >= 11 is 0. The molecule has 0 saturated heterocycles. The summed E-state index contributed by atoms with van der Waals surface area (Å²) in [6.45, 7) is 0.773. The largest absolute Gasteiger partial charge is 0.478 e. The molecule has 2 rings (SSSR count). The zero-order chi connectivity index (χ0) is 17.6. The van der Waals surface area contributed by atoms with Gasteiger partial charge in [-0.05, 0) is 30.3 Å². The Kier molecular flexibility index (Phi) is 5.96. The van der Waals surface area contributed by atoms with Crippen LogP contribution in [0.2, 0.25) is 0 Å². The number of benzene rings is 1. The molecule has 1 heterocycles. The summed E-state index contributed by atoms with van der Waals surface area (Å²) in [6.07, 6.45) is 1.44. The van der Waals surface area contributed by atoms with Gasteiger partial charge in [-0.25, -0.2) is 17.9 Å². The minimum Gasteiger partial charge on any atom is -0.478 e. The molecule has 1 aromatic carbocycles. The highest BCUT2D eigenvalue weighted by Gasteiger charge is 2.19. The predicted octanol–water partition coefficient (Wildman–Crippen LogP) is 1.51. The van der Waals surface area contributed by atoms with Crippen molar-refractivity contribution in [2.75, 3.05) is 25.6 Å². The van der Waals surface area contributed by atoms with Crippen molar-refractivity contribution in [2.45, 2.75) is 11.4 Å². The Morgan fingerprint density at radius 1 is 1.33 bits per heavy atom. The molecule has 0 atom stereocenters. The van der Waals surface area contributed by atoms with Crippen LogP contribution in [0.1, 0.15) is 16.1 Å². The first-order valence-electron chi connectivity index (χ1n) is 7.06. The number of methoxy groups -OCH3 is 1. The molecule has 0 radical (unpaired) electrons. The molecule has 0 spiro atoms. The Balaban J connectivity index is 2.19. The molecule has 0 bridgehead atoms. The van der Waals surface area contributed by atoms with Crippen LogP contribution >= 0.6 is 0 Å². The summed E-state index contributed by atoms with van der Waals surface area (Å²) in [5.41, 5.74) is 0.191. The van der Waals surface area contributed by atoms with Crippen molar-refractivity contribution in [1.82, 2.24) is 4.72 Å². The molecule has 8 nitrogen and oxygen atoms in total. The smallest absolute Gasteiger partial charge is 0.337 e. The number of sulfonamides is 1. The second-order valence-corrected chi connectivity index (χ2v) is 6.60. The van der Waals surface area contributed by atoms with Gasteiger partial charge in [0.1, 0.15) is 5.76 Å². The molecular formula is C15H18N2O6S. The number of nitrogens with one attached hydrogen (secondary N) is 2. The van der Waals surface area contributed by atoms with Crippen molar-refractivity contribution in [3.05, 3.63) is 47.9 Å². The number of hydrogen-bond donors (Lipinski definition) is 3. The fourth-order valence-corrected chi connectivity index (χ4v) is 2.99. The lowest BCUT2D eigenvalue weighted by atomic mass is 10.2. The Bertz CT molecular complexity index is 786. The summed E-state index contributed by atoms with van der Waals surface area (Å²) in [5, 5.41) is 12.2. The van der Waals surface area contributed by atoms with E-state index in [4.69, 9.17) is 9.15 Å². The topological polar surface area (TPSA) is 118 Å². The molecule has 2 aromatic rings. The van der Waals surface area contributed by atoms with Crippen molar-refractivity contribution in [1.29, 1.82) is 0 Å². The summed E-state index contributed by atoms with van der Waals surface area (Å²) in [4.78, 5) is 11.2. The van der Waals surface area contributed by atoms with E-state index in [9.17, 15) is 18.3 Å². The monoisotopic (exact) mass is 354 g/mol. The number of furan rings is 1. The SMILES string of the molecule is COCCNc1ccc(S(=O)(=O)NCc2ccco2)cc1C(=O)O. The molecule has 130 valence electrons. The van der Waals surface area contributed by atoms with Gasteiger partial charge in [0.15, 0.2) is 0 Å². The van der Waals surface area contributed by atoms with Gasteiger partial charge in [-0.2, -0.15) is 0 Å². The zero-order valence-corrected chi connectivity index (χ0v) is 13.8. The molecule has 0 fully saturated rings. The van der Waals surface area contributed by atoms with Crippen molar-refractivity contribution in [2.24, 2.45) is 0 Å². The highest BCUT2D eigenvalue weighted by Crippen LogP contribution is 2.21. The Hall–Kier alpha value is -2.36. The van der Waals surface area contributed by atoms with Crippen LogP contribution < -0.4 is 10.0 Å². The summed E-state index contributed by atoms with van der Waals surface area (Å²) in [6, 6.07) is 7.15. The lowest BCUT2D eigenvalue weighted by molar-refractivity contribution is 0.0697. The van der Waals surface area contributed by atoms with Crippen LogP contribution in [0, 0.1) is 0 Å². The minimum atomic E-state index is -3.86. The van der Waals surface area contributed by atoms with Crippen LogP contribution in [-0.2, 0) is 21.3 Å². The normalized spacial score (nSPS) is 11.4. The fourth-order valence-electron chi connectivity index (χ4n) is 1.97. The van der Waals surface area contributed by atoms with E-state index >= 15 is 0 Å². The maximum absolute atomic E-state index is 12.3. The standard InChI is InChI=1S/C15H18N2O6S/c1-22-8-6-16-14-5-4-12(9-13(14)15(18)19)24(20,21)17-10-11-3-2-7-23-11/h2-5,7,9,16-17H,6,8,10H2,1H3,(H,18,19). The average molecular weight is 354 g/mol. The molecule has 0 saturated carbocycles. The number of hydrogen-bond acceptors (Lipinski definition) is 6. The van der Waals surface area contributed by atoms with Crippen LogP contribution in [0.25, 0.3) is 0 Å². The fraction of sp³-hybridized carbons (Fsp3) is 0.267. The second-order valence-electron chi connectivity index (χ2n) is 4.84. The summed E-state index contributed by atoms with van der Waals surface area (Å²) in [5.74, 6) is -0.770. The predicted molar refractivity (Wildman–Crippen MR) is 86.5 cm³/mol. The van der Waals surface area contributed by atoms with Gasteiger partial charge in [0.05, 0.1) is 29.9 Å². The van der Waals surface area contributed by atoms with Gasteiger partial charge in [-0.3, -0.25) is 0 Å². The van der Waals surface area contributed by atoms with Gasteiger partial charge in [0.25, 0.3) is 0 Å². The third-order valence-electron chi connectivity index (χ3n) is 3.17. The van der Waals surface area contributed by atoms with E-state index in [0.29, 0.717) is 24.6 Å². The zero-order valence-electron chi connectivity index (χ0n) is 13.0. The van der Waals surface area contributed by atoms with E-state index in [2.05, 4.69) is 10.0 Å². The number of carboxylic acid groups (broad SMARTS) is 1. The molecule has 0 amide bonds. The van der Waals surface area contributed by atoms with Crippen LogP contribution in [0.4, 0.5) is 5.69 Å². The average Bonchev–Trinajstić information content (AvgIpc) is 3.07. The van der Waals surface area contributed by atoms with Gasteiger partial charge in [-0.1, -0.05) is 0 Å². The van der Waals surface area contributed by atoms with Crippen molar-refractivity contribution in [3.8, 4) is 0 Å². The minimum absolute atomic E-state index is 0.0222. The number of aromatic carboxylic acids is 1. The number of rotatable bonds is 9. The van der Waals surface area contributed by atoms with E-state index in [1.807, 2.05) is 0 Å². The highest BCUT2D eigenvalue weighted by atomic mass is 32.2. The van der Waals surface area contributed by atoms with Crippen LogP contribution in [0.3, 0.4) is 0 Å². The summed E-state index contributed by atoms with van der Waals surface area (Å²) in [7, 11) is -2.33. The molecule has 24 heavy (non-hydrogen) atoms. The second kappa shape index (κ2) is 7.95. The first kappa shape index (κ1) is 18.0. The molecule has 0 aliphatic rings. The third-order valence-corrected chi connectivity index (χ3v) is 4.57. The Labute approximate surface area is 139 Å². The van der Waals surface area contributed by atoms with E-state index in [1.54, 1.807) is 12.1 Å². The van der Waals surface area contributed by atoms with Gasteiger partial charge in [0, 0.05) is 19.3 Å². The first-order chi connectivity index (χ1) is 11.4. The summed E-state index contributed by atoms with van der Waals surface area (Å²) < 4.78 is 36.9. The molecule has 1 aromatic heterocycles. The Morgan fingerprint density at radius 3 is 2.75 bits per heavy atom. The lowest BCUT2D eigenvalue weighted by Crippen LogP contribution is -2.23. The van der Waals surface area contributed by atoms with Crippen molar-refractivity contribution in [3.63, 3.8) is 0 Å². The molecule has 0 aliphatic carbocycles. The maximum Gasteiger partial charge on any atom is 0.337 e. The van der Waals surface area contributed by atoms with Crippen LogP contribution in [0.5, 0.6) is 0 Å². The van der Waals surface area contributed by atoms with Crippen LogP contribution in [-0.4, -0.2) is 39.8 Å². The number of ether oxygens (including phenoxy) is 1. The lowest BCUT2D eigenvalue weighted by Gasteiger charge is -2.12. The van der Waals surface area contributed by atoms with Gasteiger partial charge in [0.2, 0.25) is 10.0 Å². The quantitative estimate of drug-likeness (QED) is 0.584. The maximum atomic E-state index is 12.3. The first-order valence-corrected chi connectivity index (χ1v) is 8.54. The van der Waals surface area contributed by atoms with Gasteiger partial charge < -0.3 is 19.6 Å². The van der Waals surface area contributed by atoms with Crippen molar-refractivity contribution >= 4 is 21.7 Å². The van der Waals surface area contributed by atoms with Crippen LogP contribution in [0.15, 0.2) is 45.9 Å². The van der Waals surface area contributed by atoms with Crippen molar-refractivity contribution < 1.29 is 27.5 Å². The Morgan fingerprint density at radius 2 is 2.12 bits per heavy atom. The van der Waals surface area contributed by atoms with Gasteiger partial charge in [-0.15, -0.1) is 0 Å². The third kappa shape index (κ3) is 4.57. The highest BCUT2D eigenvalue weighted by molar-refractivity contribution is 7.89. The molecule has 3 N–H and O–H groups in total. The number of carbonyl (C=O) groups is 1. The van der Waals surface area contributed by atoms with E-state index < -0.39 is 16.0 Å². The number of carboxylic acids is 1. The molecular weight excluding hydrogens is 336 g/mol.